The molecular weight excluding hydrogens is 481 g/mol. The van der Waals surface area contributed by atoms with Crippen LogP contribution in [0.1, 0.15) is 18.4 Å². The first-order valence-electron chi connectivity index (χ1n) is 11.8. The standard InChI is InChI=1S/C23H45O4Si5/c1-13-19-18-20(25-29(2,3)4)21(26-30(5,6)7)22(27-31(8,9)10)23(19)32(11,12)28-17-15-14-16-24-28/h13,18H,1,14-17H2,2-12H3. The van der Waals surface area contributed by atoms with Gasteiger partial charge in [-0.1, -0.05) is 32.2 Å². The molecule has 1 fully saturated rings. The predicted octanol–water partition coefficient (Wildman–Crippen LogP) is 6.77. The molecule has 181 valence electrons. The van der Waals surface area contributed by atoms with Crippen molar-refractivity contribution in [2.45, 2.75) is 90.9 Å². The topological polar surface area (TPSA) is 36.9 Å². The lowest BCUT2D eigenvalue weighted by atomic mass is 10.2. The van der Waals surface area contributed by atoms with Gasteiger partial charge in [-0.05, 0) is 88.2 Å². The van der Waals surface area contributed by atoms with Gasteiger partial charge in [-0.2, -0.15) is 0 Å². The van der Waals surface area contributed by atoms with E-state index in [1.807, 2.05) is 6.08 Å². The van der Waals surface area contributed by atoms with Crippen molar-refractivity contribution < 1.29 is 17.7 Å². The Hall–Kier alpha value is -0.596. The Morgan fingerprint density at radius 1 is 0.812 bits per heavy atom. The van der Waals surface area contributed by atoms with Gasteiger partial charge in [0.2, 0.25) is 33.5 Å². The molecule has 0 N–H and O–H groups in total. The Morgan fingerprint density at radius 2 is 1.34 bits per heavy atom. The average Bonchev–Trinajstić information content (AvgIpc) is 2.61. The van der Waals surface area contributed by atoms with E-state index in [9.17, 15) is 0 Å². The van der Waals surface area contributed by atoms with Crippen LogP contribution in [-0.2, 0) is 4.43 Å². The largest absolute Gasteiger partial charge is 0.542 e. The van der Waals surface area contributed by atoms with Gasteiger partial charge < -0.3 is 17.7 Å². The molecule has 0 spiro atoms. The summed E-state index contributed by atoms with van der Waals surface area (Å²) in [5.74, 6) is 2.58. The molecule has 1 aliphatic rings. The third-order valence-electron chi connectivity index (χ3n) is 5.08. The maximum absolute atomic E-state index is 6.90. The van der Waals surface area contributed by atoms with Gasteiger partial charge in [0.15, 0.2) is 5.75 Å². The molecule has 1 saturated heterocycles. The molecule has 1 aliphatic heterocycles. The zero-order chi connectivity index (χ0) is 24.5. The highest BCUT2D eigenvalue weighted by molar-refractivity contribution is 7.36. The minimum absolute atomic E-state index is 0.824. The minimum atomic E-state index is -1.98. The molecule has 4 nitrogen and oxygen atoms in total. The summed E-state index contributed by atoms with van der Waals surface area (Å²) in [6.45, 7) is 30.1. The Morgan fingerprint density at radius 3 is 1.78 bits per heavy atom. The fraction of sp³-hybridized carbons (Fsp3) is 0.652. The van der Waals surface area contributed by atoms with Crippen molar-refractivity contribution in [2.24, 2.45) is 0 Å². The molecule has 1 radical (unpaired) electrons. The third-order valence-corrected chi connectivity index (χ3v) is 18.2. The SMILES string of the molecule is C=Cc1cc(O[Si](C)(C)C)c(O[Si](C)(C)C)c(O[Si](C)(C)C)c1[Si](C)(C)[Si]1CCCCO1. The highest BCUT2D eigenvalue weighted by Crippen LogP contribution is 2.43. The van der Waals surface area contributed by atoms with E-state index < -0.39 is 41.1 Å². The number of hydrogen-bond acceptors (Lipinski definition) is 4. The summed E-state index contributed by atoms with van der Waals surface area (Å²) in [4.78, 5) is 0. The number of rotatable bonds is 9. The zero-order valence-electron chi connectivity index (χ0n) is 22.3. The summed E-state index contributed by atoms with van der Waals surface area (Å²) >= 11 is 0. The Kier molecular flexibility index (Phi) is 8.60. The molecule has 0 atom stereocenters. The molecule has 0 saturated carbocycles. The van der Waals surface area contributed by atoms with Crippen LogP contribution in [0.5, 0.6) is 17.2 Å². The Labute approximate surface area is 202 Å². The van der Waals surface area contributed by atoms with Crippen LogP contribution in [0.3, 0.4) is 0 Å². The second-order valence-electron chi connectivity index (χ2n) is 12.2. The Bertz CT molecular complexity index is 814. The molecule has 2 rings (SSSR count). The van der Waals surface area contributed by atoms with Gasteiger partial charge in [0, 0.05) is 6.61 Å². The van der Waals surface area contributed by atoms with Crippen LogP contribution in [-0.4, -0.2) is 47.7 Å². The van der Waals surface area contributed by atoms with Crippen molar-refractivity contribution in [3.05, 3.63) is 18.2 Å². The van der Waals surface area contributed by atoms with E-state index in [0.29, 0.717) is 0 Å². The lowest BCUT2D eigenvalue weighted by Gasteiger charge is -2.38. The van der Waals surface area contributed by atoms with E-state index in [0.717, 1.165) is 29.4 Å². The molecular formula is C23H45O4Si5. The van der Waals surface area contributed by atoms with Gasteiger partial charge in [-0.25, -0.2) is 0 Å². The molecule has 1 aromatic carbocycles. The zero-order valence-corrected chi connectivity index (χ0v) is 27.3. The molecule has 0 bridgehead atoms. The molecule has 0 amide bonds. The molecule has 9 heteroatoms. The molecule has 1 heterocycles. The molecule has 0 aliphatic carbocycles. The molecule has 32 heavy (non-hydrogen) atoms. The van der Waals surface area contributed by atoms with Crippen LogP contribution >= 0.6 is 0 Å². The Balaban J connectivity index is 2.88. The van der Waals surface area contributed by atoms with E-state index >= 15 is 0 Å². The van der Waals surface area contributed by atoms with Crippen LogP contribution in [0, 0.1) is 0 Å². The fourth-order valence-electron chi connectivity index (χ4n) is 3.94. The first kappa shape index (κ1) is 27.6. The van der Waals surface area contributed by atoms with Crippen LogP contribution in [0.4, 0.5) is 0 Å². The van der Waals surface area contributed by atoms with E-state index in [4.69, 9.17) is 17.7 Å². The predicted molar refractivity (Wildman–Crippen MR) is 151 cm³/mol. The van der Waals surface area contributed by atoms with Crippen molar-refractivity contribution >= 4 is 52.4 Å². The van der Waals surface area contributed by atoms with E-state index in [1.165, 1.54) is 24.1 Å². The van der Waals surface area contributed by atoms with E-state index in [2.05, 4.69) is 84.7 Å². The smallest absolute Gasteiger partial charge is 0.242 e. The van der Waals surface area contributed by atoms with Crippen molar-refractivity contribution in [2.75, 3.05) is 6.61 Å². The highest BCUT2D eigenvalue weighted by Gasteiger charge is 2.44. The number of hydrogen-bond donors (Lipinski definition) is 0. The second-order valence-corrected chi connectivity index (χ2v) is 36.3. The minimum Gasteiger partial charge on any atom is -0.542 e. The van der Waals surface area contributed by atoms with Gasteiger partial charge >= 0.3 is 0 Å². The van der Waals surface area contributed by atoms with Gasteiger partial charge in [-0.15, -0.1) is 0 Å². The van der Waals surface area contributed by atoms with Gasteiger partial charge in [-0.3, -0.25) is 0 Å². The van der Waals surface area contributed by atoms with Crippen LogP contribution in [0.25, 0.3) is 6.08 Å². The maximum atomic E-state index is 6.90. The normalized spacial score (nSPS) is 16.6. The van der Waals surface area contributed by atoms with E-state index in [-0.39, 0.29) is 0 Å². The van der Waals surface area contributed by atoms with Crippen LogP contribution in [0.15, 0.2) is 12.6 Å². The summed E-state index contributed by atoms with van der Waals surface area (Å²) in [6.07, 6.45) is 4.44. The lowest BCUT2D eigenvalue weighted by molar-refractivity contribution is 0.297. The van der Waals surface area contributed by atoms with Crippen molar-refractivity contribution in [3.8, 4) is 17.2 Å². The summed E-state index contributed by atoms with van der Waals surface area (Å²) in [5.41, 5.74) is 1.14. The van der Waals surface area contributed by atoms with Gasteiger partial charge in [0.25, 0.3) is 0 Å². The first-order chi connectivity index (χ1) is 14.4. The molecule has 0 aromatic heterocycles. The van der Waals surface area contributed by atoms with E-state index in [1.54, 1.807) is 0 Å². The van der Waals surface area contributed by atoms with Crippen LogP contribution < -0.4 is 18.5 Å². The monoisotopic (exact) mass is 525 g/mol. The van der Waals surface area contributed by atoms with Gasteiger partial charge in [0.1, 0.15) is 19.1 Å². The quantitative estimate of drug-likeness (QED) is 0.333. The van der Waals surface area contributed by atoms with Gasteiger partial charge in [0.05, 0.1) is 0 Å². The van der Waals surface area contributed by atoms with Crippen molar-refractivity contribution in [1.29, 1.82) is 0 Å². The fourth-order valence-corrected chi connectivity index (χ4v) is 15.9. The molecule has 0 unspecified atom stereocenters. The number of benzene rings is 1. The summed E-state index contributed by atoms with van der Waals surface area (Å²) in [6, 6.07) is 3.39. The van der Waals surface area contributed by atoms with Crippen molar-refractivity contribution in [1.82, 2.24) is 0 Å². The third kappa shape index (κ3) is 7.46. The van der Waals surface area contributed by atoms with Crippen molar-refractivity contribution in [3.63, 3.8) is 0 Å². The summed E-state index contributed by atoms with van der Waals surface area (Å²) in [7, 11) is -8.64. The summed E-state index contributed by atoms with van der Waals surface area (Å²) in [5, 5.41) is 1.32. The molecule has 1 aromatic rings. The highest BCUT2D eigenvalue weighted by atomic mass is 29.2. The lowest BCUT2D eigenvalue weighted by Crippen LogP contribution is -2.60. The summed E-state index contributed by atoms with van der Waals surface area (Å²) < 4.78 is 26.7. The maximum Gasteiger partial charge on any atom is 0.242 e. The second kappa shape index (κ2) is 9.95. The first-order valence-corrected chi connectivity index (χ1v) is 27.7. The average molecular weight is 526 g/mol. The van der Waals surface area contributed by atoms with Crippen LogP contribution in [0.2, 0.25) is 78.1 Å².